The predicted molar refractivity (Wildman–Crippen MR) is 69.9 cm³/mol. The van der Waals surface area contributed by atoms with Gasteiger partial charge < -0.3 is 4.74 Å². The van der Waals surface area contributed by atoms with Gasteiger partial charge in [-0.25, -0.2) is 0 Å². The minimum Gasteiger partial charge on any atom is -0.385 e. The van der Waals surface area contributed by atoms with Gasteiger partial charge in [-0.05, 0) is 18.6 Å². The Kier molecular flexibility index (Phi) is 12.1. The third-order valence-electron chi connectivity index (χ3n) is 2.09. The van der Waals surface area contributed by atoms with Crippen molar-refractivity contribution in [3.63, 3.8) is 0 Å². The number of halogens is 5. The van der Waals surface area contributed by atoms with Gasteiger partial charge in [-0.1, -0.05) is 13.8 Å². The van der Waals surface area contributed by atoms with Crippen LogP contribution in [-0.4, -0.2) is 36.8 Å². The van der Waals surface area contributed by atoms with Crippen LogP contribution in [0.1, 0.15) is 33.1 Å². The molecule has 0 aliphatic heterocycles. The van der Waals surface area contributed by atoms with E-state index in [1.54, 1.807) is 6.07 Å². The minimum atomic E-state index is -5.55. The van der Waals surface area contributed by atoms with Crippen molar-refractivity contribution in [1.29, 1.82) is 5.26 Å². The van der Waals surface area contributed by atoms with Crippen LogP contribution in [0.15, 0.2) is 0 Å². The maximum Gasteiger partial charge on any atom is 0.453 e. The van der Waals surface area contributed by atoms with E-state index >= 15 is 0 Å². The second-order valence-corrected chi connectivity index (χ2v) is 4.89. The lowest BCUT2D eigenvalue weighted by Gasteiger charge is -2.20. The Morgan fingerprint density at radius 3 is 2.15 bits per heavy atom. The van der Waals surface area contributed by atoms with Crippen LogP contribution in [0.4, 0.5) is 22.0 Å². The van der Waals surface area contributed by atoms with Crippen molar-refractivity contribution in [3.8, 4) is 6.07 Å². The van der Waals surface area contributed by atoms with Crippen LogP contribution in [0.3, 0.4) is 0 Å². The van der Waals surface area contributed by atoms with E-state index in [-0.39, 0.29) is 0 Å². The number of nitrogens with zero attached hydrogens (tertiary/aromatic N) is 1. The Hall–Kier alpha value is -0.550. The molecule has 0 aromatic heterocycles. The topological polar surface area (TPSA) is 33.0 Å². The average molecular weight is 321 g/mol. The fraction of sp³-hybridized carbons (Fsp3) is 0.917. The fourth-order valence-corrected chi connectivity index (χ4v) is 2.00. The summed E-state index contributed by atoms with van der Waals surface area (Å²) in [6, 6.07) is 1.72. The van der Waals surface area contributed by atoms with Gasteiger partial charge in [0.25, 0.3) is 0 Å². The maximum absolute atomic E-state index is 12.6. The summed E-state index contributed by atoms with van der Waals surface area (Å²) in [5.74, 6) is -4.24. The van der Waals surface area contributed by atoms with Gasteiger partial charge in [0.2, 0.25) is 0 Å². The number of ether oxygens (including phenoxy) is 1. The number of rotatable bonds is 8. The van der Waals surface area contributed by atoms with E-state index in [0.717, 1.165) is 11.8 Å². The van der Waals surface area contributed by atoms with Crippen molar-refractivity contribution in [3.05, 3.63) is 0 Å². The molecule has 0 fully saturated rings. The Labute approximate surface area is 120 Å². The van der Waals surface area contributed by atoms with Crippen LogP contribution in [0.25, 0.3) is 0 Å². The first kappa shape index (κ1) is 21.7. The van der Waals surface area contributed by atoms with Crippen molar-refractivity contribution in [1.82, 2.24) is 0 Å². The molecule has 0 heterocycles. The molecule has 1 atom stereocenters. The molecular weight excluding hydrogens is 301 g/mol. The zero-order valence-electron chi connectivity index (χ0n) is 11.8. The third kappa shape index (κ3) is 9.37. The Morgan fingerprint density at radius 1 is 1.20 bits per heavy atom. The summed E-state index contributed by atoms with van der Waals surface area (Å²) < 4.78 is 65.6. The van der Waals surface area contributed by atoms with Gasteiger partial charge in [-0.3, -0.25) is 0 Å². The van der Waals surface area contributed by atoms with Crippen LogP contribution >= 0.6 is 11.8 Å². The first-order valence-corrected chi connectivity index (χ1v) is 7.24. The third-order valence-corrected chi connectivity index (χ3v) is 3.36. The van der Waals surface area contributed by atoms with Crippen LogP contribution in [0, 0.1) is 11.3 Å². The number of hydrogen-bond acceptors (Lipinski definition) is 3. The summed E-state index contributed by atoms with van der Waals surface area (Å²) in [7, 11) is 1.50. The van der Waals surface area contributed by atoms with Gasteiger partial charge in [0.1, 0.15) is 0 Å². The predicted octanol–water partition coefficient (Wildman–Crippen LogP) is 4.65. The lowest BCUT2D eigenvalue weighted by Crippen LogP contribution is -2.36. The largest absolute Gasteiger partial charge is 0.453 e. The molecule has 20 heavy (non-hydrogen) atoms. The standard InChI is InChI=1S/C10H14F5NOS.C2H6/c1-17-5-2-6-18-8(7-16)3-4-9(11,12)10(13,14)15;1-2/h8H,2-6H2,1H3;1-2H3. The van der Waals surface area contributed by atoms with Crippen molar-refractivity contribution in [2.75, 3.05) is 19.5 Å². The molecule has 0 aromatic carbocycles. The first-order chi connectivity index (χ1) is 9.24. The van der Waals surface area contributed by atoms with Crippen LogP contribution in [0.5, 0.6) is 0 Å². The molecule has 0 N–H and O–H groups in total. The molecule has 0 bridgehead atoms. The summed E-state index contributed by atoms with van der Waals surface area (Å²) in [6.45, 7) is 4.46. The van der Waals surface area contributed by atoms with Gasteiger partial charge in [0, 0.05) is 20.1 Å². The van der Waals surface area contributed by atoms with Crippen LogP contribution in [0.2, 0.25) is 0 Å². The minimum absolute atomic E-state index is 0.462. The molecule has 0 rings (SSSR count). The normalized spacial score (nSPS) is 13.2. The fourth-order valence-electron chi connectivity index (χ4n) is 1.07. The van der Waals surface area contributed by atoms with E-state index in [4.69, 9.17) is 10.00 Å². The van der Waals surface area contributed by atoms with E-state index in [0.29, 0.717) is 18.8 Å². The summed E-state index contributed by atoms with van der Waals surface area (Å²) in [6.07, 6.45) is -6.77. The lowest BCUT2D eigenvalue weighted by atomic mass is 10.1. The van der Waals surface area contributed by atoms with E-state index in [9.17, 15) is 22.0 Å². The average Bonchev–Trinajstić information content (AvgIpc) is 2.39. The highest BCUT2D eigenvalue weighted by Crippen LogP contribution is 2.39. The van der Waals surface area contributed by atoms with E-state index < -0.39 is 30.2 Å². The molecular formula is C12H20F5NOS. The van der Waals surface area contributed by atoms with Gasteiger partial charge in [0.15, 0.2) is 0 Å². The van der Waals surface area contributed by atoms with Gasteiger partial charge in [0.05, 0.1) is 11.3 Å². The van der Waals surface area contributed by atoms with Crippen molar-refractivity contribution >= 4 is 11.8 Å². The Bertz CT molecular complexity index is 278. The van der Waals surface area contributed by atoms with Gasteiger partial charge in [-0.15, -0.1) is 11.8 Å². The van der Waals surface area contributed by atoms with E-state index in [1.165, 1.54) is 7.11 Å². The molecule has 2 nitrogen and oxygen atoms in total. The van der Waals surface area contributed by atoms with Crippen molar-refractivity contribution in [2.45, 2.75) is 50.5 Å². The van der Waals surface area contributed by atoms with E-state index in [1.807, 2.05) is 13.8 Å². The molecule has 120 valence electrons. The Morgan fingerprint density at radius 2 is 1.75 bits per heavy atom. The van der Waals surface area contributed by atoms with Crippen molar-refractivity contribution < 1.29 is 26.7 Å². The first-order valence-electron chi connectivity index (χ1n) is 6.19. The maximum atomic E-state index is 12.6. The molecule has 0 aromatic rings. The Balaban J connectivity index is 0. The molecule has 0 aliphatic carbocycles. The number of methoxy groups -OCH3 is 1. The summed E-state index contributed by atoms with van der Waals surface area (Å²) >= 11 is 1.07. The second-order valence-electron chi connectivity index (χ2n) is 3.58. The van der Waals surface area contributed by atoms with Crippen LogP contribution in [-0.2, 0) is 4.74 Å². The van der Waals surface area contributed by atoms with Crippen molar-refractivity contribution in [2.24, 2.45) is 0 Å². The molecule has 0 saturated heterocycles. The highest BCUT2D eigenvalue weighted by molar-refractivity contribution is 8.00. The number of nitriles is 1. The van der Waals surface area contributed by atoms with E-state index in [2.05, 4.69) is 0 Å². The summed E-state index contributed by atoms with van der Waals surface area (Å²) in [4.78, 5) is 0. The number of thioether (sulfide) groups is 1. The SMILES string of the molecule is CC.COCCCSC(C#N)CCC(F)(F)C(F)(F)F. The lowest BCUT2D eigenvalue weighted by molar-refractivity contribution is -0.284. The summed E-state index contributed by atoms with van der Waals surface area (Å²) in [5.41, 5.74) is 0. The number of alkyl halides is 5. The smallest absolute Gasteiger partial charge is 0.385 e. The highest BCUT2D eigenvalue weighted by atomic mass is 32.2. The molecule has 0 amide bonds. The molecule has 1 unspecified atom stereocenters. The van der Waals surface area contributed by atoms with Crippen LogP contribution < -0.4 is 0 Å². The molecule has 8 heteroatoms. The van der Waals surface area contributed by atoms with Gasteiger partial charge >= 0.3 is 12.1 Å². The quantitative estimate of drug-likeness (QED) is 0.482. The molecule has 0 aliphatic rings. The highest BCUT2D eigenvalue weighted by Gasteiger charge is 2.56. The molecule has 0 radical (unpaired) electrons. The second kappa shape index (κ2) is 11.1. The zero-order valence-corrected chi connectivity index (χ0v) is 12.6. The zero-order chi connectivity index (χ0) is 16.2. The monoisotopic (exact) mass is 321 g/mol. The molecule has 0 spiro atoms. The van der Waals surface area contributed by atoms with Gasteiger partial charge in [-0.2, -0.15) is 27.2 Å². The number of hydrogen-bond donors (Lipinski definition) is 0. The molecule has 0 saturated carbocycles. The summed E-state index contributed by atoms with van der Waals surface area (Å²) in [5, 5.41) is 7.80.